The minimum atomic E-state index is -0.0742. The molecule has 1 spiro atoms. The summed E-state index contributed by atoms with van der Waals surface area (Å²) in [5.74, 6) is 2.89. The van der Waals surface area contributed by atoms with Gasteiger partial charge in [0.15, 0.2) is 0 Å². The molecule has 2 fully saturated rings. The molecule has 0 aromatic heterocycles. The van der Waals surface area contributed by atoms with Gasteiger partial charge in [0.25, 0.3) is 0 Å². The van der Waals surface area contributed by atoms with Crippen LogP contribution in [-0.2, 0) is 33.2 Å². The summed E-state index contributed by atoms with van der Waals surface area (Å²) in [5, 5.41) is 25.1. The van der Waals surface area contributed by atoms with Crippen LogP contribution in [0.4, 0.5) is 0 Å². The molecule has 0 radical (unpaired) electrons. The van der Waals surface area contributed by atoms with Crippen molar-refractivity contribution in [2.45, 2.75) is 80.0 Å². The van der Waals surface area contributed by atoms with E-state index in [0.29, 0.717) is 30.1 Å². The number of benzene rings is 6. The lowest BCUT2D eigenvalue weighted by atomic mass is 9.71. The fourth-order valence-electron chi connectivity index (χ4n) is 17.6. The van der Waals surface area contributed by atoms with E-state index in [4.69, 9.17) is 4.74 Å². The molecule has 9 aromatic carbocycles. The smallest absolute Gasteiger partial charge is 0.305 e. The van der Waals surface area contributed by atoms with E-state index in [2.05, 4.69) is 48.5 Å². The number of ether oxygens (including phenoxy) is 1. The highest BCUT2D eigenvalue weighted by atomic mass is 16.5. The van der Waals surface area contributed by atoms with Crippen molar-refractivity contribution in [3.8, 4) is 0 Å². The molecule has 9 aromatic rings. The topological polar surface area (TPSA) is 26.3 Å². The van der Waals surface area contributed by atoms with Gasteiger partial charge in [-0.15, -0.1) is 0 Å². The van der Waals surface area contributed by atoms with E-state index < -0.39 is 0 Å². The molecule has 7 unspecified atom stereocenters. The predicted octanol–water partition coefficient (Wildman–Crippen LogP) is 10.5. The molecule has 2 nitrogen and oxygen atoms in total. The van der Waals surface area contributed by atoms with Gasteiger partial charge in [0.05, 0.1) is 7.11 Å². The lowest BCUT2D eigenvalue weighted by molar-refractivity contribution is -0.140. The van der Waals surface area contributed by atoms with Gasteiger partial charge >= 0.3 is 5.97 Å². The van der Waals surface area contributed by atoms with Crippen LogP contribution in [0.5, 0.6) is 0 Å². The minimum Gasteiger partial charge on any atom is -0.469 e. The second-order valence-electron chi connectivity index (χ2n) is 19.4. The number of esters is 1. The van der Waals surface area contributed by atoms with Crippen molar-refractivity contribution < 1.29 is 9.53 Å². The zero-order valence-corrected chi connectivity index (χ0v) is 29.5. The molecule has 0 amide bonds. The van der Waals surface area contributed by atoms with Crippen molar-refractivity contribution in [3.63, 3.8) is 0 Å². The van der Waals surface area contributed by atoms with Crippen molar-refractivity contribution >= 4 is 92.5 Å². The second-order valence-corrected chi connectivity index (χ2v) is 19.4. The van der Waals surface area contributed by atoms with Crippen LogP contribution >= 0.6 is 0 Å². The van der Waals surface area contributed by atoms with Gasteiger partial charge in [-0.1, -0.05) is 54.1 Å². The fraction of sp³-hybridized carbons (Fsp3) is 0.314. The highest BCUT2D eigenvalue weighted by molar-refractivity contribution is 6.56. The maximum absolute atomic E-state index is 12.7. The Labute approximate surface area is 303 Å². The number of carbonyl (C=O) groups is 1. The molecule has 2 heteroatoms. The average Bonchev–Trinajstić information content (AvgIpc) is 3.86. The maximum Gasteiger partial charge on any atom is 0.305 e. The molecule has 9 aliphatic carbocycles. The van der Waals surface area contributed by atoms with Crippen molar-refractivity contribution in [1.82, 2.24) is 0 Å². The monoisotopic (exact) mass is 676 g/mol. The number of hydrogen-bond donors (Lipinski definition) is 0. The summed E-state index contributed by atoms with van der Waals surface area (Å²) in [4.78, 5) is 12.7. The van der Waals surface area contributed by atoms with Crippen LogP contribution in [0.25, 0.3) is 86.6 Å². The lowest BCUT2D eigenvalue weighted by Gasteiger charge is -2.32. The van der Waals surface area contributed by atoms with Crippen molar-refractivity contribution in [3.05, 3.63) is 104 Å². The molecule has 7 atom stereocenters. The Morgan fingerprint density at radius 1 is 0.792 bits per heavy atom. The van der Waals surface area contributed by atoms with Gasteiger partial charge in [-0.2, -0.15) is 0 Å². The molecular weight excluding hydrogens is 645 g/mol. The van der Waals surface area contributed by atoms with Crippen LogP contribution in [0.2, 0.25) is 0 Å². The van der Waals surface area contributed by atoms with Crippen LogP contribution in [0.3, 0.4) is 0 Å². The molecule has 0 heterocycles. The Kier molecular flexibility index (Phi) is 3.28. The third-order valence-electron chi connectivity index (χ3n) is 18.3. The zero-order valence-electron chi connectivity index (χ0n) is 29.5. The molecule has 9 aliphatic rings. The Balaban J connectivity index is 1.14. The van der Waals surface area contributed by atoms with Crippen LogP contribution in [-0.4, -0.2) is 13.1 Å². The molecule has 248 valence electrons. The quantitative estimate of drug-likeness (QED) is 0.134. The molecule has 2 saturated carbocycles. The second kappa shape index (κ2) is 6.92. The zero-order chi connectivity index (χ0) is 33.5. The molecular formula is C51H32O2. The molecule has 53 heavy (non-hydrogen) atoms. The van der Waals surface area contributed by atoms with E-state index in [9.17, 15) is 4.79 Å². The summed E-state index contributed by atoms with van der Waals surface area (Å²) in [6.07, 6.45) is 11.4. The lowest BCUT2D eigenvalue weighted by Crippen LogP contribution is -2.26. The number of carbonyl (C=O) groups excluding carboxylic acids is 1. The third-order valence-corrected chi connectivity index (χ3v) is 18.3. The van der Waals surface area contributed by atoms with Crippen molar-refractivity contribution in [1.29, 1.82) is 0 Å². The molecule has 0 aliphatic heterocycles. The third kappa shape index (κ3) is 1.97. The highest BCUT2D eigenvalue weighted by Gasteiger charge is 2.81. The predicted molar refractivity (Wildman–Crippen MR) is 212 cm³/mol. The molecule has 18 rings (SSSR count). The molecule has 0 bridgehead atoms. The van der Waals surface area contributed by atoms with Gasteiger partial charge in [0.2, 0.25) is 0 Å². The van der Waals surface area contributed by atoms with E-state index in [1.165, 1.54) is 31.2 Å². The van der Waals surface area contributed by atoms with Crippen LogP contribution < -0.4 is 5.22 Å². The van der Waals surface area contributed by atoms with Crippen molar-refractivity contribution in [2.24, 2.45) is 11.8 Å². The van der Waals surface area contributed by atoms with Crippen LogP contribution in [0, 0.1) is 11.8 Å². The first-order valence-corrected chi connectivity index (χ1v) is 20.6. The van der Waals surface area contributed by atoms with Gasteiger partial charge < -0.3 is 4.74 Å². The van der Waals surface area contributed by atoms with E-state index >= 15 is 0 Å². The number of methoxy groups -OCH3 is 1. The number of allylic oxidation sites excluding steroid dienone is 2. The van der Waals surface area contributed by atoms with Crippen molar-refractivity contribution in [2.75, 3.05) is 7.11 Å². The summed E-state index contributed by atoms with van der Waals surface area (Å²) >= 11 is 0. The summed E-state index contributed by atoms with van der Waals surface area (Å²) in [5.41, 5.74) is 18.6. The van der Waals surface area contributed by atoms with Gasteiger partial charge in [0.1, 0.15) is 0 Å². The number of fused-ring (bicyclic) bond motifs is 1. The number of hydrogen-bond acceptors (Lipinski definition) is 2. The number of rotatable bonds is 5. The van der Waals surface area contributed by atoms with Crippen LogP contribution in [0.15, 0.2) is 48.5 Å². The minimum absolute atomic E-state index is 0.0386. The van der Waals surface area contributed by atoms with Crippen LogP contribution in [0.1, 0.15) is 106 Å². The van der Waals surface area contributed by atoms with Gasteiger partial charge in [0, 0.05) is 35.0 Å². The summed E-state index contributed by atoms with van der Waals surface area (Å²) in [6.45, 7) is 0. The fourth-order valence-corrected chi connectivity index (χ4v) is 17.6. The van der Waals surface area contributed by atoms with E-state index in [-0.39, 0.29) is 16.8 Å². The first-order chi connectivity index (χ1) is 26.2. The summed E-state index contributed by atoms with van der Waals surface area (Å²) < 4.78 is 5.24. The first-order valence-electron chi connectivity index (χ1n) is 20.6. The standard InChI is InChI=1S/C51H32O2/c1-53-27(52)8-5-9-50(25-6-3-2-4-7-25)49-26-16-23-14-20-12-21-11-18-10-19-13-22-15-24-17-51(49,50)48-34(24)39-33(22)38-29(19)28(18)36-32(21)37-30(20)31(23)40-35(26)47(48)46-44(39)42(38)41(36)43(37)45(40)46/h2-4,6-7,12,15-16,18-19,24,28,49H,5,8-11,13-14,17H2,1H3. The molecule has 0 N–H and O–H groups in total. The van der Waals surface area contributed by atoms with Gasteiger partial charge in [-0.3, -0.25) is 4.79 Å². The Bertz CT molecular complexity index is 3540. The largest absolute Gasteiger partial charge is 0.469 e. The van der Waals surface area contributed by atoms with E-state index in [1.807, 2.05) is 5.57 Å². The van der Waals surface area contributed by atoms with Gasteiger partial charge in [-0.25, -0.2) is 0 Å². The molecule has 0 saturated heterocycles. The van der Waals surface area contributed by atoms with E-state index in [1.54, 1.807) is 138 Å². The Morgan fingerprint density at radius 3 is 2.47 bits per heavy atom. The normalized spacial score (nSPS) is 31.8. The summed E-state index contributed by atoms with van der Waals surface area (Å²) in [6, 6.07) is 17.1. The SMILES string of the molecule is COC(=O)CCCC1(c2ccccc2)C2c3cc4c5c6c(cc7c8c9c%10c%11c%12c%13c%14c%15c(c%16c3c5c(c%10c86)c%16c%14%11)C21CC%15C=C%13CC1CC(C7)C9C=%121)C4. The van der Waals surface area contributed by atoms with Gasteiger partial charge in [-0.05, 0) is 193 Å². The first kappa shape index (κ1) is 25.1. The maximum atomic E-state index is 12.7. The summed E-state index contributed by atoms with van der Waals surface area (Å²) in [7, 11) is 1.55. The Hall–Kier alpha value is -4.95. The van der Waals surface area contributed by atoms with E-state index in [0.717, 1.165) is 25.2 Å². The average molecular weight is 677 g/mol. The highest BCUT2D eigenvalue weighted by Crippen LogP contribution is 2.87. The Morgan fingerprint density at radius 2 is 1.58 bits per heavy atom.